The summed E-state index contributed by atoms with van der Waals surface area (Å²) >= 11 is 0. The first-order valence-corrected chi connectivity index (χ1v) is 11.6. The van der Waals surface area contributed by atoms with E-state index < -0.39 is 11.4 Å². The van der Waals surface area contributed by atoms with Crippen molar-refractivity contribution in [3.8, 4) is 11.5 Å². The summed E-state index contributed by atoms with van der Waals surface area (Å²) < 4.78 is 12.2. The molecule has 2 aromatic rings. The minimum absolute atomic E-state index is 0.0204. The lowest BCUT2D eigenvalue weighted by Crippen LogP contribution is -2.33. The number of anilines is 1. The van der Waals surface area contributed by atoms with Crippen LogP contribution in [0.1, 0.15) is 12.8 Å². The van der Waals surface area contributed by atoms with E-state index in [9.17, 15) is 14.7 Å². The maximum atomic E-state index is 12.2. The number of aliphatic carboxylic acids is 1. The van der Waals surface area contributed by atoms with Crippen LogP contribution in [0.25, 0.3) is 10.9 Å². The van der Waals surface area contributed by atoms with E-state index in [0.29, 0.717) is 35.6 Å². The number of hydrogen-bond donors (Lipinski definition) is 3. The van der Waals surface area contributed by atoms with Gasteiger partial charge in [0.2, 0.25) is 5.91 Å². The molecule has 1 heterocycles. The van der Waals surface area contributed by atoms with E-state index in [1.807, 2.05) is 42.5 Å². The van der Waals surface area contributed by atoms with E-state index in [4.69, 9.17) is 9.47 Å². The molecule has 8 heteroatoms. The van der Waals surface area contributed by atoms with E-state index in [2.05, 4.69) is 15.6 Å². The Morgan fingerprint density at radius 1 is 1.20 bits per heavy atom. The number of nitrogens with one attached hydrogen (secondary N) is 2. The summed E-state index contributed by atoms with van der Waals surface area (Å²) in [5, 5.41) is 16.1. The average molecular weight is 474 g/mol. The second kappa shape index (κ2) is 8.94. The number of carboxylic acid groups (broad SMARTS) is 1. The number of amides is 1. The van der Waals surface area contributed by atoms with Gasteiger partial charge in [0.25, 0.3) is 0 Å². The SMILES string of the molecule is CNC(=O)C1C=CC=C2C=C(Oc3ccnc4cc(OCC5(C(=O)O)CC5)c(NC)cc34)C=CC21. The Kier molecular flexibility index (Phi) is 5.80. The molecule has 1 aromatic heterocycles. The molecule has 0 radical (unpaired) electrons. The summed E-state index contributed by atoms with van der Waals surface area (Å²) in [5.74, 6) is 0.727. The number of pyridine rings is 1. The van der Waals surface area contributed by atoms with Crippen molar-refractivity contribution >= 4 is 28.5 Å². The highest BCUT2D eigenvalue weighted by Gasteiger charge is 2.51. The number of carbonyl (C=O) groups excluding carboxylic acids is 1. The Labute approximate surface area is 203 Å². The summed E-state index contributed by atoms with van der Waals surface area (Å²) in [6.45, 7) is 0.123. The number of hydrogen-bond acceptors (Lipinski definition) is 6. The fraction of sp³-hybridized carbons (Fsp3) is 0.296. The molecule has 8 nitrogen and oxygen atoms in total. The van der Waals surface area contributed by atoms with Crippen LogP contribution in [0.4, 0.5) is 5.69 Å². The molecule has 2 unspecified atom stereocenters. The highest BCUT2D eigenvalue weighted by molar-refractivity contribution is 5.91. The Bertz CT molecular complexity index is 1320. The van der Waals surface area contributed by atoms with Gasteiger partial charge in [-0.25, -0.2) is 0 Å². The lowest BCUT2D eigenvalue weighted by Gasteiger charge is -2.27. The Balaban J connectivity index is 1.40. The van der Waals surface area contributed by atoms with Gasteiger partial charge in [0, 0.05) is 37.7 Å². The first kappa shape index (κ1) is 22.7. The summed E-state index contributed by atoms with van der Waals surface area (Å²) in [4.78, 5) is 28.2. The number of fused-ring (bicyclic) bond motifs is 2. The van der Waals surface area contributed by atoms with E-state index >= 15 is 0 Å². The molecule has 0 bridgehead atoms. The molecule has 3 aliphatic rings. The first-order chi connectivity index (χ1) is 16.9. The molecule has 1 amide bonds. The molecule has 5 rings (SSSR count). The van der Waals surface area contributed by atoms with Crippen molar-refractivity contribution in [2.45, 2.75) is 12.8 Å². The first-order valence-electron chi connectivity index (χ1n) is 11.6. The summed E-state index contributed by atoms with van der Waals surface area (Å²) in [6.07, 6.45) is 14.6. The molecule has 3 N–H and O–H groups in total. The molecular formula is C27H27N3O5. The van der Waals surface area contributed by atoms with Crippen LogP contribution in [0.3, 0.4) is 0 Å². The standard InChI is InChI=1S/C27H27N3O5/c1-28-22-13-20-21(14-24(22)34-15-27(9-10-27)26(32)33)30-11-8-23(20)35-17-6-7-18-16(12-17)4-3-5-19(18)25(31)29-2/h3-8,11-14,18-19,28H,9-10,15H2,1-2H3,(H,29,31)(H,32,33). The van der Waals surface area contributed by atoms with Crippen molar-refractivity contribution in [1.82, 2.24) is 10.3 Å². The molecule has 180 valence electrons. The molecule has 1 saturated carbocycles. The highest BCUT2D eigenvalue weighted by Crippen LogP contribution is 2.47. The maximum absolute atomic E-state index is 12.2. The highest BCUT2D eigenvalue weighted by atomic mass is 16.5. The molecule has 0 spiro atoms. The third-order valence-corrected chi connectivity index (χ3v) is 6.82. The fourth-order valence-electron chi connectivity index (χ4n) is 4.46. The zero-order valence-electron chi connectivity index (χ0n) is 19.6. The van der Waals surface area contributed by atoms with Crippen molar-refractivity contribution in [2.75, 3.05) is 26.0 Å². The number of carbonyl (C=O) groups is 2. The fourth-order valence-corrected chi connectivity index (χ4v) is 4.46. The smallest absolute Gasteiger partial charge is 0.313 e. The summed E-state index contributed by atoms with van der Waals surface area (Å²) in [5.41, 5.74) is 1.62. The molecule has 0 saturated heterocycles. The Hall–Kier alpha value is -4.07. The van der Waals surface area contributed by atoms with Crippen molar-refractivity contribution in [3.05, 3.63) is 72.2 Å². The number of carboxylic acids is 1. The van der Waals surface area contributed by atoms with Gasteiger partial charge in [0.05, 0.1) is 17.1 Å². The molecule has 3 aliphatic carbocycles. The van der Waals surface area contributed by atoms with Gasteiger partial charge < -0.3 is 25.2 Å². The number of allylic oxidation sites excluding steroid dienone is 6. The monoisotopic (exact) mass is 473 g/mol. The van der Waals surface area contributed by atoms with Crippen LogP contribution in [-0.4, -0.2) is 42.7 Å². The van der Waals surface area contributed by atoms with Gasteiger partial charge in [0.1, 0.15) is 29.3 Å². The van der Waals surface area contributed by atoms with Gasteiger partial charge in [-0.2, -0.15) is 0 Å². The van der Waals surface area contributed by atoms with Crippen molar-refractivity contribution in [2.24, 2.45) is 17.3 Å². The predicted octanol–water partition coefficient (Wildman–Crippen LogP) is 3.83. The summed E-state index contributed by atoms with van der Waals surface area (Å²) in [7, 11) is 3.43. The maximum Gasteiger partial charge on any atom is 0.313 e. The molecule has 0 aliphatic heterocycles. The van der Waals surface area contributed by atoms with Gasteiger partial charge in [-0.05, 0) is 42.7 Å². The van der Waals surface area contributed by atoms with Crippen LogP contribution in [-0.2, 0) is 9.59 Å². The minimum atomic E-state index is -0.820. The van der Waals surface area contributed by atoms with E-state index in [0.717, 1.165) is 16.6 Å². The van der Waals surface area contributed by atoms with Crippen LogP contribution < -0.4 is 20.1 Å². The lowest BCUT2D eigenvalue weighted by molar-refractivity contribution is -0.144. The number of aromatic nitrogens is 1. The molecule has 1 fully saturated rings. The number of rotatable bonds is 8. The molecular weight excluding hydrogens is 446 g/mol. The number of ether oxygens (including phenoxy) is 2. The molecule has 35 heavy (non-hydrogen) atoms. The van der Waals surface area contributed by atoms with Crippen LogP contribution in [0.15, 0.2) is 72.2 Å². The lowest BCUT2D eigenvalue weighted by atomic mass is 9.79. The van der Waals surface area contributed by atoms with Gasteiger partial charge in [-0.15, -0.1) is 0 Å². The predicted molar refractivity (Wildman–Crippen MR) is 132 cm³/mol. The topological polar surface area (TPSA) is 110 Å². The quantitative estimate of drug-likeness (QED) is 0.535. The Morgan fingerprint density at radius 3 is 2.74 bits per heavy atom. The third-order valence-electron chi connectivity index (χ3n) is 6.82. The summed E-state index contributed by atoms with van der Waals surface area (Å²) in [6, 6.07) is 5.50. The van der Waals surface area contributed by atoms with E-state index in [-0.39, 0.29) is 24.3 Å². The number of nitrogens with zero attached hydrogens (tertiary/aromatic N) is 1. The van der Waals surface area contributed by atoms with Crippen molar-refractivity contribution in [1.29, 1.82) is 0 Å². The van der Waals surface area contributed by atoms with Crippen LogP contribution in [0.2, 0.25) is 0 Å². The van der Waals surface area contributed by atoms with Gasteiger partial charge in [0.15, 0.2) is 0 Å². The van der Waals surface area contributed by atoms with Crippen molar-refractivity contribution in [3.63, 3.8) is 0 Å². The van der Waals surface area contributed by atoms with Gasteiger partial charge >= 0.3 is 5.97 Å². The second-order valence-electron chi connectivity index (χ2n) is 9.02. The Morgan fingerprint density at radius 2 is 2.03 bits per heavy atom. The normalized spacial score (nSPS) is 21.4. The molecule has 2 atom stereocenters. The average Bonchev–Trinajstić information content (AvgIpc) is 3.67. The second-order valence-corrected chi connectivity index (χ2v) is 9.02. The van der Waals surface area contributed by atoms with E-state index in [1.54, 1.807) is 32.4 Å². The zero-order chi connectivity index (χ0) is 24.6. The van der Waals surface area contributed by atoms with E-state index in [1.165, 1.54) is 0 Å². The largest absolute Gasteiger partial charge is 0.490 e. The van der Waals surface area contributed by atoms with Crippen LogP contribution in [0, 0.1) is 17.3 Å². The van der Waals surface area contributed by atoms with Gasteiger partial charge in [-0.3, -0.25) is 14.6 Å². The third kappa shape index (κ3) is 4.27. The van der Waals surface area contributed by atoms with Crippen molar-refractivity contribution < 1.29 is 24.2 Å². The van der Waals surface area contributed by atoms with Crippen LogP contribution in [0.5, 0.6) is 11.5 Å². The minimum Gasteiger partial charge on any atom is -0.490 e. The molecule has 1 aromatic carbocycles. The van der Waals surface area contributed by atoms with Gasteiger partial charge in [-0.1, -0.05) is 24.3 Å². The zero-order valence-corrected chi connectivity index (χ0v) is 19.6. The number of benzene rings is 1. The van der Waals surface area contributed by atoms with Crippen LogP contribution >= 0.6 is 0 Å².